The average molecular weight is 351 g/mol. The van der Waals surface area contributed by atoms with Crippen LogP contribution in [-0.4, -0.2) is 18.5 Å². The Balaban J connectivity index is 1.58. The summed E-state index contributed by atoms with van der Waals surface area (Å²) in [6.45, 7) is 3.95. The van der Waals surface area contributed by atoms with E-state index < -0.39 is 5.97 Å². The lowest BCUT2D eigenvalue weighted by Crippen LogP contribution is -2.21. The maximum absolute atomic E-state index is 12.2. The first kappa shape index (κ1) is 18.2. The molecule has 0 aromatic heterocycles. The summed E-state index contributed by atoms with van der Waals surface area (Å²) in [6, 6.07) is 13.4. The van der Waals surface area contributed by atoms with Crippen LogP contribution in [0.5, 0.6) is 0 Å². The molecular formula is C22H25NO3. The monoisotopic (exact) mass is 351 g/mol. The average Bonchev–Trinajstić information content (AvgIpc) is 3.13. The maximum Gasteiger partial charge on any atom is 0.338 e. The Hall–Kier alpha value is -2.62. The van der Waals surface area contributed by atoms with E-state index in [2.05, 4.69) is 19.2 Å². The van der Waals surface area contributed by atoms with Gasteiger partial charge in [-0.25, -0.2) is 4.79 Å². The normalized spacial score (nSPS) is 13.8. The van der Waals surface area contributed by atoms with Gasteiger partial charge >= 0.3 is 5.97 Å². The first-order valence-corrected chi connectivity index (χ1v) is 9.26. The maximum atomic E-state index is 12.2. The highest BCUT2D eigenvalue weighted by Gasteiger charge is 2.16. The minimum absolute atomic E-state index is 0.287. The van der Waals surface area contributed by atoms with Crippen LogP contribution < -0.4 is 5.32 Å². The number of ether oxygens (including phenoxy) is 1. The molecule has 0 aliphatic heterocycles. The fourth-order valence-corrected chi connectivity index (χ4v) is 3.36. The molecule has 1 amide bonds. The van der Waals surface area contributed by atoms with Crippen LogP contribution in [0.1, 0.15) is 59.7 Å². The third-order valence-electron chi connectivity index (χ3n) is 5.05. The molecule has 2 aromatic rings. The number of anilines is 1. The van der Waals surface area contributed by atoms with Crippen molar-refractivity contribution in [3.63, 3.8) is 0 Å². The molecule has 26 heavy (non-hydrogen) atoms. The molecule has 0 heterocycles. The van der Waals surface area contributed by atoms with Gasteiger partial charge in [0.25, 0.3) is 5.91 Å². The number of esters is 1. The van der Waals surface area contributed by atoms with Gasteiger partial charge in [-0.15, -0.1) is 0 Å². The molecule has 136 valence electrons. The molecule has 0 saturated heterocycles. The van der Waals surface area contributed by atoms with E-state index in [1.165, 1.54) is 11.1 Å². The zero-order valence-electron chi connectivity index (χ0n) is 15.4. The lowest BCUT2D eigenvalue weighted by atomic mass is 9.97. The Morgan fingerprint density at radius 3 is 2.69 bits per heavy atom. The zero-order valence-corrected chi connectivity index (χ0v) is 15.4. The highest BCUT2D eigenvalue weighted by molar-refractivity contribution is 5.96. The summed E-state index contributed by atoms with van der Waals surface area (Å²) in [6.07, 6.45) is 4.19. The summed E-state index contributed by atoms with van der Waals surface area (Å²) in [4.78, 5) is 24.4. The van der Waals surface area contributed by atoms with Crippen LogP contribution in [0.3, 0.4) is 0 Å². The van der Waals surface area contributed by atoms with Gasteiger partial charge in [0.2, 0.25) is 0 Å². The summed E-state index contributed by atoms with van der Waals surface area (Å²) in [5.74, 6) is -0.430. The number of benzene rings is 2. The Bertz CT molecular complexity index is 813. The van der Waals surface area contributed by atoms with Crippen molar-refractivity contribution in [3.8, 4) is 0 Å². The number of nitrogens with one attached hydrogen (secondary N) is 1. The number of hydrogen-bond acceptors (Lipinski definition) is 3. The summed E-state index contributed by atoms with van der Waals surface area (Å²) >= 11 is 0. The van der Waals surface area contributed by atoms with E-state index in [0.29, 0.717) is 11.5 Å². The van der Waals surface area contributed by atoms with Gasteiger partial charge in [0.05, 0.1) is 5.56 Å². The standard InChI is InChI=1S/C22H25NO3/c1-3-15(2)19-9-4-5-10-20(19)23-21(24)14-26-22(25)18-12-11-16-7-6-8-17(16)13-18/h4-5,9-13,15H,3,6-8,14H2,1-2H3,(H,23,24)/t15-/m1/s1. The van der Waals surface area contributed by atoms with E-state index in [4.69, 9.17) is 4.74 Å². The number of aryl methyl sites for hydroxylation is 2. The molecule has 2 aromatic carbocycles. The lowest BCUT2D eigenvalue weighted by Gasteiger charge is -2.15. The second-order valence-corrected chi connectivity index (χ2v) is 6.86. The Morgan fingerprint density at radius 1 is 1.12 bits per heavy atom. The summed E-state index contributed by atoms with van der Waals surface area (Å²) in [5, 5.41) is 2.86. The molecule has 0 saturated carbocycles. The SMILES string of the molecule is CC[C@@H](C)c1ccccc1NC(=O)COC(=O)c1ccc2c(c1)CCC2. The molecule has 0 bridgehead atoms. The van der Waals surface area contributed by atoms with Crippen molar-refractivity contribution in [3.05, 3.63) is 64.7 Å². The first-order valence-electron chi connectivity index (χ1n) is 9.26. The van der Waals surface area contributed by atoms with E-state index in [1.54, 1.807) is 6.07 Å². The van der Waals surface area contributed by atoms with Crippen LogP contribution in [-0.2, 0) is 22.4 Å². The number of fused-ring (bicyclic) bond motifs is 1. The molecule has 1 N–H and O–H groups in total. The molecule has 4 heteroatoms. The van der Waals surface area contributed by atoms with Gasteiger partial charge in [-0.1, -0.05) is 38.1 Å². The van der Waals surface area contributed by atoms with Crippen molar-refractivity contribution < 1.29 is 14.3 Å². The van der Waals surface area contributed by atoms with Crippen LogP contribution in [0.15, 0.2) is 42.5 Å². The molecule has 4 nitrogen and oxygen atoms in total. The highest BCUT2D eigenvalue weighted by atomic mass is 16.5. The fourth-order valence-electron chi connectivity index (χ4n) is 3.36. The van der Waals surface area contributed by atoms with E-state index in [1.807, 2.05) is 36.4 Å². The van der Waals surface area contributed by atoms with E-state index in [-0.39, 0.29) is 12.5 Å². The Labute approximate surface area is 154 Å². The van der Waals surface area contributed by atoms with Gasteiger partial charge < -0.3 is 10.1 Å². The Kier molecular flexibility index (Phi) is 5.71. The number of rotatable bonds is 6. The summed E-state index contributed by atoms with van der Waals surface area (Å²) in [5.41, 5.74) is 4.90. The van der Waals surface area contributed by atoms with Gasteiger partial charge in [-0.05, 0) is 66.5 Å². The van der Waals surface area contributed by atoms with Crippen LogP contribution >= 0.6 is 0 Å². The second-order valence-electron chi connectivity index (χ2n) is 6.86. The number of carbonyl (C=O) groups is 2. The van der Waals surface area contributed by atoms with Crippen LogP contribution in [0, 0.1) is 0 Å². The topological polar surface area (TPSA) is 55.4 Å². The second kappa shape index (κ2) is 8.17. The number of para-hydroxylation sites is 1. The van der Waals surface area contributed by atoms with Crippen LogP contribution in [0.25, 0.3) is 0 Å². The van der Waals surface area contributed by atoms with Gasteiger partial charge in [0, 0.05) is 5.69 Å². The zero-order chi connectivity index (χ0) is 18.5. The molecule has 0 spiro atoms. The lowest BCUT2D eigenvalue weighted by molar-refractivity contribution is -0.119. The van der Waals surface area contributed by atoms with Crippen molar-refractivity contribution >= 4 is 17.6 Å². The molecule has 1 atom stereocenters. The number of amides is 1. The van der Waals surface area contributed by atoms with Gasteiger partial charge in [-0.2, -0.15) is 0 Å². The van der Waals surface area contributed by atoms with E-state index >= 15 is 0 Å². The molecule has 0 fully saturated rings. The minimum Gasteiger partial charge on any atom is -0.452 e. The van der Waals surface area contributed by atoms with E-state index in [9.17, 15) is 9.59 Å². The van der Waals surface area contributed by atoms with Crippen molar-refractivity contribution in [2.75, 3.05) is 11.9 Å². The largest absolute Gasteiger partial charge is 0.452 e. The first-order chi connectivity index (χ1) is 12.6. The van der Waals surface area contributed by atoms with Gasteiger partial charge in [0.1, 0.15) is 0 Å². The molecule has 3 rings (SSSR count). The number of carbonyl (C=O) groups excluding carboxylic acids is 2. The molecular weight excluding hydrogens is 326 g/mol. The van der Waals surface area contributed by atoms with Crippen molar-refractivity contribution in [1.82, 2.24) is 0 Å². The molecule has 0 unspecified atom stereocenters. The van der Waals surface area contributed by atoms with E-state index in [0.717, 1.165) is 36.9 Å². The molecule has 1 aliphatic rings. The van der Waals surface area contributed by atoms with Crippen molar-refractivity contribution in [2.45, 2.75) is 45.4 Å². The quantitative estimate of drug-likeness (QED) is 0.781. The number of hydrogen-bond donors (Lipinski definition) is 1. The van der Waals surface area contributed by atoms with Gasteiger partial charge in [-0.3, -0.25) is 4.79 Å². The fraction of sp³-hybridized carbons (Fsp3) is 0.364. The predicted molar refractivity (Wildman–Crippen MR) is 103 cm³/mol. The third-order valence-corrected chi connectivity index (χ3v) is 5.05. The van der Waals surface area contributed by atoms with Crippen LogP contribution in [0.2, 0.25) is 0 Å². The van der Waals surface area contributed by atoms with Gasteiger partial charge in [0.15, 0.2) is 6.61 Å². The third kappa shape index (κ3) is 4.13. The minimum atomic E-state index is -0.454. The Morgan fingerprint density at radius 2 is 1.88 bits per heavy atom. The van der Waals surface area contributed by atoms with Crippen molar-refractivity contribution in [2.24, 2.45) is 0 Å². The highest BCUT2D eigenvalue weighted by Crippen LogP contribution is 2.26. The smallest absolute Gasteiger partial charge is 0.338 e. The molecule has 1 aliphatic carbocycles. The van der Waals surface area contributed by atoms with Crippen molar-refractivity contribution in [1.29, 1.82) is 0 Å². The molecule has 0 radical (unpaired) electrons. The summed E-state index contributed by atoms with van der Waals surface area (Å²) in [7, 11) is 0. The predicted octanol–water partition coefficient (Wildman–Crippen LogP) is 4.48. The summed E-state index contributed by atoms with van der Waals surface area (Å²) < 4.78 is 5.20. The van der Waals surface area contributed by atoms with Crippen LogP contribution in [0.4, 0.5) is 5.69 Å².